The number of anilines is 2. The Morgan fingerprint density at radius 1 is 1.07 bits per heavy atom. The number of fused-ring (bicyclic) bond motifs is 1. The van der Waals surface area contributed by atoms with Crippen LogP contribution in [0.1, 0.15) is 23.4 Å². The molecule has 0 fully saturated rings. The van der Waals surface area contributed by atoms with Crippen molar-refractivity contribution in [1.29, 1.82) is 0 Å². The first-order valence-electron chi connectivity index (χ1n) is 8.73. The molecule has 1 aromatic carbocycles. The third kappa shape index (κ3) is 3.35. The zero-order chi connectivity index (χ0) is 19.8. The quantitative estimate of drug-likeness (QED) is 0.575. The van der Waals surface area contributed by atoms with Crippen LogP contribution < -0.4 is 4.90 Å². The van der Waals surface area contributed by atoms with Gasteiger partial charge in [-0.1, -0.05) is 23.2 Å². The number of aryl methyl sites for hydroxylation is 1. The smallest absolute Gasteiger partial charge is 0.202 e. The fourth-order valence-corrected chi connectivity index (χ4v) is 3.90. The van der Waals surface area contributed by atoms with Gasteiger partial charge >= 0.3 is 0 Å². The Morgan fingerprint density at radius 3 is 2.54 bits per heavy atom. The van der Waals surface area contributed by atoms with E-state index in [0.29, 0.717) is 21.6 Å². The summed E-state index contributed by atoms with van der Waals surface area (Å²) >= 11 is 12.5. The number of methoxy groups -OCH3 is 2. The molecule has 1 aliphatic heterocycles. The Hall–Kier alpha value is -2.19. The normalized spacial score (nSPS) is 13.4. The second-order valence-electron chi connectivity index (χ2n) is 6.38. The van der Waals surface area contributed by atoms with Crippen LogP contribution in [-0.4, -0.2) is 40.5 Å². The summed E-state index contributed by atoms with van der Waals surface area (Å²) in [5.41, 5.74) is 2.55. The first kappa shape index (κ1) is 19.1. The maximum absolute atomic E-state index is 6.43. The standard InChI is InChI=1S/C19H19Cl2N5O2/c1-11-22-17-13(6-8-25(17)16-5-4-12(20)10-14(16)21)18(23-11)26-9-7-15(24-26)19(27-2)28-3/h4-5,7,9-10,19H,6,8H2,1-3H3. The Labute approximate surface area is 172 Å². The maximum atomic E-state index is 6.43. The fraction of sp³-hybridized carbons (Fsp3) is 0.316. The van der Waals surface area contributed by atoms with Crippen molar-refractivity contribution in [3.8, 4) is 5.82 Å². The molecule has 0 amide bonds. The monoisotopic (exact) mass is 419 g/mol. The molecule has 3 aromatic rings. The molecule has 0 unspecified atom stereocenters. The zero-order valence-corrected chi connectivity index (χ0v) is 17.2. The molecule has 2 aromatic heterocycles. The van der Waals surface area contributed by atoms with Crippen LogP contribution in [0.2, 0.25) is 10.0 Å². The van der Waals surface area contributed by atoms with Crippen molar-refractivity contribution in [3.63, 3.8) is 0 Å². The average Bonchev–Trinajstić information content (AvgIpc) is 3.30. The highest BCUT2D eigenvalue weighted by atomic mass is 35.5. The van der Waals surface area contributed by atoms with Crippen LogP contribution in [-0.2, 0) is 15.9 Å². The first-order valence-corrected chi connectivity index (χ1v) is 9.49. The second-order valence-corrected chi connectivity index (χ2v) is 7.23. The number of nitrogens with zero attached hydrogens (tertiary/aromatic N) is 5. The van der Waals surface area contributed by atoms with Crippen LogP contribution in [0.15, 0.2) is 30.5 Å². The molecule has 1 aliphatic rings. The minimum absolute atomic E-state index is 0.526. The van der Waals surface area contributed by atoms with Gasteiger partial charge in [-0.2, -0.15) is 5.10 Å². The maximum Gasteiger partial charge on any atom is 0.202 e. The average molecular weight is 420 g/mol. The van der Waals surface area contributed by atoms with Gasteiger partial charge in [-0.05, 0) is 37.6 Å². The zero-order valence-electron chi connectivity index (χ0n) is 15.7. The molecule has 3 heterocycles. The van der Waals surface area contributed by atoms with E-state index in [1.807, 2.05) is 31.3 Å². The van der Waals surface area contributed by atoms with Gasteiger partial charge in [-0.3, -0.25) is 0 Å². The Bertz CT molecular complexity index is 1020. The molecule has 0 atom stereocenters. The summed E-state index contributed by atoms with van der Waals surface area (Å²) in [7, 11) is 3.15. The molecule has 0 N–H and O–H groups in total. The van der Waals surface area contributed by atoms with Crippen LogP contribution >= 0.6 is 23.2 Å². The van der Waals surface area contributed by atoms with E-state index in [4.69, 9.17) is 32.7 Å². The topological polar surface area (TPSA) is 65.3 Å². The third-order valence-corrected chi connectivity index (χ3v) is 5.15. The summed E-state index contributed by atoms with van der Waals surface area (Å²) < 4.78 is 12.3. The predicted molar refractivity (Wildman–Crippen MR) is 108 cm³/mol. The molecule has 0 saturated heterocycles. The molecule has 28 heavy (non-hydrogen) atoms. The predicted octanol–water partition coefficient (Wildman–Crippen LogP) is 4.26. The SMILES string of the molecule is COC(OC)c1ccn(-c2nc(C)nc3c2CCN3c2ccc(Cl)cc2Cl)n1. The number of hydrogen-bond donors (Lipinski definition) is 0. The number of halogens is 2. The van der Waals surface area contributed by atoms with Crippen LogP contribution in [0.25, 0.3) is 5.82 Å². The minimum atomic E-state index is -0.526. The van der Waals surface area contributed by atoms with Crippen molar-refractivity contribution in [2.75, 3.05) is 25.7 Å². The van der Waals surface area contributed by atoms with Gasteiger partial charge in [-0.25, -0.2) is 14.6 Å². The first-order chi connectivity index (χ1) is 13.5. The summed E-state index contributed by atoms with van der Waals surface area (Å²) in [5.74, 6) is 2.23. The van der Waals surface area contributed by atoms with Gasteiger partial charge in [0.05, 0.1) is 10.7 Å². The van der Waals surface area contributed by atoms with E-state index in [1.54, 1.807) is 25.0 Å². The lowest BCUT2D eigenvalue weighted by molar-refractivity contribution is -0.108. The highest BCUT2D eigenvalue weighted by Crippen LogP contribution is 2.39. The number of aromatic nitrogens is 4. The van der Waals surface area contributed by atoms with Gasteiger partial charge in [0.25, 0.3) is 0 Å². The largest absolute Gasteiger partial charge is 0.350 e. The van der Waals surface area contributed by atoms with Crippen molar-refractivity contribution in [1.82, 2.24) is 19.7 Å². The van der Waals surface area contributed by atoms with Gasteiger partial charge in [0.15, 0.2) is 5.82 Å². The number of rotatable bonds is 5. The van der Waals surface area contributed by atoms with E-state index in [0.717, 1.165) is 35.9 Å². The Kier molecular flexibility index (Phi) is 5.25. The van der Waals surface area contributed by atoms with Crippen molar-refractivity contribution >= 4 is 34.7 Å². The van der Waals surface area contributed by atoms with E-state index in [9.17, 15) is 0 Å². The van der Waals surface area contributed by atoms with E-state index in [-0.39, 0.29) is 0 Å². The number of ether oxygens (including phenoxy) is 2. The van der Waals surface area contributed by atoms with E-state index >= 15 is 0 Å². The second kappa shape index (κ2) is 7.67. The lowest BCUT2D eigenvalue weighted by Gasteiger charge is -2.20. The summed E-state index contributed by atoms with van der Waals surface area (Å²) in [4.78, 5) is 11.4. The molecule has 146 valence electrons. The lowest BCUT2D eigenvalue weighted by Crippen LogP contribution is -2.15. The van der Waals surface area contributed by atoms with Crippen LogP contribution in [0.3, 0.4) is 0 Å². The fourth-order valence-electron chi connectivity index (χ4n) is 3.39. The third-order valence-electron chi connectivity index (χ3n) is 4.61. The molecule has 4 rings (SSSR count). The molecule has 0 spiro atoms. The Balaban J connectivity index is 1.77. The van der Waals surface area contributed by atoms with Crippen molar-refractivity contribution in [2.45, 2.75) is 19.6 Å². The van der Waals surface area contributed by atoms with Crippen LogP contribution in [0.4, 0.5) is 11.5 Å². The molecule has 0 radical (unpaired) electrons. The minimum Gasteiger partial charge on any atom is -0.350 e. The molecule has 9 heteroatoms. The van der Waals surface area contributed by atoms with Gasteiger partial charge in [0.2, 0.25) is 6.29 Å². The molecule has 0 bridgehead atoms. The number of hydrogen-bond acceptors (Lipinski definition) is 6. The lowest BCUT2D eigenvalue weighted by atomic mass is 10.2. The molecular formula is C19H19Cl2N5O2. The van der Waals surface area contributed by atoms with Crippen molar-refractivity contribution < 1.29 is 9.47 Å². The van der Waals surface area contributed by atoms with E-state index < -0.39 is 6.29 Å². The van der Waals surface area contributed by atoms with E-state index in [2.05, 4.69) is 20.0 Å². The van der Waals surface area contributed by atoms with Crippen LogP contribution in [0.5, 0.6) is 0 Å². The highest BCUT2D eigenvalue weighted by Gasteiger charge is 2.28. The number of benzene rings is 1. The van der Waals surface area contributed by atoms with Gasteiger partial charge in [0, 0.05) is 37.5 Å². The van der Waals surface area contributed by atoms with Crippen molar-refractivity contribution in [2.24, 2.45) is 0 Å². The summed E-state index contributed by atoms with van der Waals surface area (Å²) in [6, 6.07) is 7.32. The summed E-state index contributed by atoms with van der Waals surface area (Å²) in [6.45, 7) is 2.61. The summed E-state index contributed by atoms with van der Waals surface area (Å²) in [6.07, 6.45) is 2.10. The van der Waals surface area contributed by atoms with Crippen LogP contribution in [0, 0.1) is 6.92 Å². The van der Waals surface area contributed by atoms with E-state index in [1.165, 1.54) is 0 Å². The highest BCUT2D eigenvalue weighted by molar-refractivity contribution is 6.36. The molecule has 0 aliphatic carbocycles. The molecule has 0 saturated carbocycles. The molecule has 7 nitrogen and oxygen atoms in total. The van der Waals surface area contributed by atoms with Gasteiger partial charge in [-0.15, -0.1) is 0 Å². The van der Waals surface area contributed by atoms with Gasteiger partial charge in [0.1, 0.15) is 17.3 Å². The Morgan fingerprint density at radius 2 is 1.82 bits per heavy atom. The molecular weight excluding hydrogens is 401 g/mol. The summed E-state index contributed by atoms with van der Waals surface area (Å²) in [5, 5.41) is 5.77. The van der Waals surface area contributed by atoms with Crippen molar-refractivity contribution in [3.05, 3.63) is 57.6 Å². The van der Waals surface area contributed by atoms with Gasteiger partial charge < -0.3 is 14.4 Å².